The van der Waals surface area contributed by atoms with E-state index < -0.39 is 11.9 Å². The third kappa shape index (κ3) is 2.47. The number of phenolic OH excluding ortho intramolecular Hbond substituents is 2. The van der Waals surface area contributed by atoms with Crippen LogP contribution in [-0.4, -0.2) is 46.6 Å². The number of nitrogens with zero attached hydrogens (tertiary/aromatic N) is 1. The summed E-state index contributed by atoms with van der Waals surface area (Å²) in [6.45, 7) is 0.483. The first kappa shape index (κ1) is 13.2. The van der Waals surface area contributed by atoms with Crippen molar-refractivity contribution in [1.29, 1.82) is 0 Å². The van der Waals surface area contributed by atoms with Gasteiger partial charge in [0.15, 0.2) is 0 Å². The Balaban J connectivity index is 2.25. The molecule has 1 saturated heterocycles. The zero-order chi connectivity index (χ0) is 14.0. The molecular formula is C13H16N2O4. The van der Waals surface area contributed by atoms with Crippen LogP contribution in [-0.2, 0) is 4.79 Å². The SMILES string of the molecule is CNC(=O)C1CCCN1C(=O)c1ccc(O)cc1O. The smallest absolute Gasteiger partial charge is 0.258 e. The summed E-state index contributed by atoms with van der Waals surface area (Å²) < 4.78 is 0. The lowest BCUT2D eigenvalue weighted by molar-refractivity contribution is -0.124. The van der Waals surface area contributed by atoms with Crippen LogP contribution in [0.2, 0.25) is 0 Å². The maximum absolute atomic E-state index is 12.3. The Morgan fingerprint density at radius 1 is 1.37 bits per heavy atom. The summed E-state index contributed by atoms with van der Waals surface area (Å²) in [5.41, 5.74) is 0.0913. The lowest BCUT2D eigenvalue weighted by atomic mass is 10.1. The number of carbonyl (C=O) groups is 2. The number of rotatable bonds is 2. The zero-order valence-corrected chi connectivity index (χ0v) is 10.6. The summed E-state index contributed by atoms with van der Waals surface area (Å²) in [5, 5.41) is 21.4. The number of phenols is 2. The molecule has 2 amide bonds. The minimum atomic E-state index is -0.495. The largest absolute Gasteiger partial charge is 0.508 e. The Kier molecular flexibility index (Phi) is 3.59. The van der Waals surface area contributed by atoms with Crippen molar-refractivity contribution in [2.75, 3.05) is 13.6 Å². The van der Waals surface area contributed by atoms with Crippen molar-refractivity contribution in [3.63, 3.8) is 0 Å². The second-order valence-corrected chi connectivity index (χ2v) is 4.47. The predicted molar refractivity (Wildman–Crippen MR) is 67.9 cm³/mol. The maximum Gasteiger partial charge on any atom is 0.258 e. The van der Waals surface area contributed by atoms with E-state index in [9.17, 15) is 19.8 Å². The Hall–Kier alpha value is -2.24. The second-order valence-electron chi connectivity index (χ2n) is 4.47. The average molecular weight is 264 g/mol. The Morgan fingerprint density at radius 2 is 2.11 bits per heavy atom. The second kappa shape index (κ2) is 5.17. The molecule has 6 heteroatoms. The van der Waals surface area contributed by atoms with Gasteiger partial charge < -0.3 is 20.4 Å². The number of likely N-dealkylation sites (N-methyl/N-ethyl adjacent to an activating group) is 1. The van der Waals surface area contributed by atoms with Crippen LogP contribution < -0.4 is 5.32 Å². The van der Waals surface area contributed by atoms with Gasteiger partial charge in [0, 0.05) is 19.7 Å². The number of hydrogen-bond acceptors (Lipinski definition) is 4. The van der Waals surface area contributed by atoms with Crippen molar-refractivity contribution >= 4 is 11.8 Å². The highest BCUT2D eigenvalue weighted by atomic mass is 16.3. The van der Waals surface area contributed by atoms with Crippen molar-refractivity contribution in [2.24, 2.45) is 0 Å². The monoisotopic (exact) mass is 264 g/mol. The minimum Gasteiger partial charge on any atom is -0.508 e. The lowest BCUT2D eigenvalue weighted by Crippen LogP contribution is -2.44. The van der Waals surface area contributed by atoms with E-state index >= 15 is 0 Å². The Bertz CT molecular complexity index is 515. The van der Waals surface area contributed by atoms with E-state index in [0.29, 0.717) is 13.0 Å². The molecule has 0 aromatic heterocycles. The molecule has 1 aromatic rings. The first-order valence-corrected chi connectivity index (χ1v) is 6.09. The molecule has 19 heavy (non-hydrogen) atoms. The molecule has 1 atom stereocenters. The van der Waals surface area contributed by atoms with Gasteiger partial charge in [-0.1, -0.05) is 0 Å². The molecule has 1 aromatic carbocycles. The third-order valence-corrected chi connectivity index (χ3v) is 3.27. The standard InChI is InChI=1S/C13H16N2O4/c1-14-12(18)10-3-2-6-15(10)13(19)9-5-4-8(16)7-11(9)17/h4-5,7,10,16-17H,2-3,6H2,1H3,(H,14,18). The highest BCUT2D eigenvalue weighted by Gasteiger charge is 2.34. The van der Waals surface area contributed by atoms with Crippen molar-refractivity contribution in [2.45, 2.75) is 18.9 Å². The molecule has 1 unspecified atom stereocenters. The van der Waals surface area contributed by atoms with Crippen LogP contribution in [0.1, 0.15) is 23.2 Å². The van der Waals surface area contributed by atoms with Crippen LogP contribution in [0.5, 0.6) is 11.5 Å². The number of likely N-dealkylation sites (tertiary alicyclic amines) is 1. The van der Waals surface area contributed by atoms with Crippen LogP contribution in [0, 0.1) is 0 Å². The summed E-state index contributed by atoms with van der Waals surface area (Å²) in [7, 11) is 1.53. The van der Waals surface area contributed by atoms with Gasteiger partial charge in [0.05, 0.1) is 5.56 Å². The van der Waals surface area contributed by atoms with E-state index in [1.165, 1.54) is 24.1 Å². The van der Waals surface area contributed by atoms with Crippen LogP contribution in [0.3, 0.4) is 0 Å². The Labute approximate surface area is 110 Å². The lowest BCUT2D eigenvalue weighted by Gasteiger charge is -2.23. The quantitative estimate of drug-likeness (QED) is 0.723. The highest BCUT2D eigenvalue weighted by Crippen LogP contribution is 2.27. The summed E-state index contributed by atoms with van der Waals surface area (Å²) in [4.78, 5) is 25.5. The van der Waals surface area contributed by atoms with Gasteiger partial charge in [0.1, 0.15) is 17.5 Å². The van der Waals surface area contributed by atoms with E-state index in [1.807, 2.05) is 0 Å². The third-order valence-electron chi connectivity index (χ3n) is 3.27. The predicted octanol–water partition coefficient (Wildman–Crippen LogP) is 0.448. The van der Waals surface area contributed by atoms with Crippen LogP contribution in [0.25, 0.3) is 0 Å². The fourth-order valence-electron chi connectivity index (χ4n) is 2.30. The molecule has 0 saturated carbocycles. The summed E-state index contributed by atoms with van der Waals surface area (Å²) >= 11 is 0. The fraction of sp³-hybridized carbons (Fsp3) is 0.385. The summed E-state index contributed by atoms with van der Waals surface area (Å²) in [6, 6.07) is 3.30. The number of benzene rings is 1. The normalized spacial score (nSPS) is 18.4. The number of hydrogen-bond donors (Lipinski definition) is 3. The van der Waals surface area contributed by atoms with Crippen molar-refractivity contribution in [3.8, 4) is 11.5 Å². The number of amides is 2. The fourth-order valence-corrected chi connectivity index (χ4v) is 2.30. The maximum atomic E-state index is 12.3. The van der Waals surface area contributed by atoms with Gasteiger partial charge in [-0.25, -0.2) is 0 Å². The van der Waals surface area contributed by atoms with E-state index in [1.54, 1.807) is 0 Å². The zero-order valence-electron chi connectivity index (χ0n) is 10.6. The molecule has 6 nitrogen and oxygen atoms in total. The van der Waals surface area contributed by atoms with Gasteiger partial charge in [-0.2, -0.15) is 0 Å². The average Bonchev–Trinajstić information content (AvgIpc) is 2.86. The first-order chi connectivity index (χ1) is 9.04. The van der Waals surface area contributed by atoms with Crippen LogP contribution >= 0.6 is 0 Å². The van der Waals surface area contributed by atoms with Gasteiger partial charge in [-0.15, -0.1) is 0 Å². The topological polar surface area (TPSA) is 89.9 Å². The van der Waals surface area contributed by atoms with Crippen molar-refractivity contribution < 1.29 is 19.8 Å². The van der Waals surface area contributed by atoms with Gasteiger partial charge in [0.2, 0.25) is 5.91 Å². The summed E-state index contributed by atoms with van der Waals surface area (Å²) in [5.74, 6) is -1.00. The Morgan fingerprint density at radius 3 is 2.74 bits per heavy atom. The number of aromatic hydroxyl groups is 2. The molecule has 0 bridgehead atoms. The van der Waals surface area contributed by atoms with Gasteiger partial charge >= 0.3 is 0 Å². The van der Waals surface area contributed by atoms with Crippen molar-refractivity contribution in [3.05, 3.63) is 23.8 Å². The van der Waals surface area contributed by atoms with Gasteiger partial charge in [-0.05, 0) is 25.0 Å². The molecule has 0 radical (unpaired) electrons. The molecule has 1 heterocycles. The summed E-state index contributed by atoms with van der Waals surface area (Å²) in [6.07, 6.45) is 1.37. The van der Waals surface area contributed by atoms with Gasteiger partial charge in [-0.3, -0.25) is 9.59 Å². The first-order valence-electron chi connectivity index (χ1n) is 6.09. The number of nitrogens with one attached hydrogen (secondary N) is 1. The van der Waals surface area contributed by atoms with E-state index in [-0.39, 0.29) is 23.0 Å². The molecule has 3 N–H and O–H groups in total. The van der Waals surface area contributed by atoms with Crippen molar-refractivity contribution in [1.82, 2.24) is 10.2 Å². The molecule has 102 valence electrons. The minimum absolute atomic E-state index is 0.0913. The van der Waals surface area contributed by atoms with Crippen LogP contribution in [0.4, 0.5) is 0 Å². The molecule has 2 rings (SSSR count). The highest BCUT2D eigenvalue weighted by molar-refractivity contribution is 6.00. The molecule has 1 aliphatic rings. The molecule has 0 spiro atoms. The van der Waals surface area contributed by atoms with Crippen LogP contribution in [0.15, 0.2) is 18.2 Å². The molecule has 1 fully saturated rings. The van der Waals surface area contributed by atoms with E-state index in [2.05, 4.69) is 5.32 Å². The molecular weight excluding hydrogens is 248 g/mol. The van der Waals surface area contributed by atoms with Gasteiger partial charge in [0.25, 0.3) is 5.91 Å². The van der Waals surface area contributed by atoms with E-state index in [4.69, 9.17) is 0 Å². The molecule has 0 aliphatic carbocycles. The van der Waals surface area contributed by atoms with E-state index in [0.717, 1.165) is 12.5 Å². The number of carbonyl (C=O) groups excluding carboxylic acids is 2. The molecule has 1 aliphatic heterocycles.